The van der Waals surface area contributed by atoms with Crippen molar-refractivity contribution in [1.82, 2.24) is 4.98 Å². The standard InChI is InChI=1S/C20H19ClN2O3/c1-3-23(14-7-4-12(2)5-8-14)18(24)11-16-15-10-13(21)6-9-17(15)22-19(16)20(25)26/h4-10,22H,3,11H2,1-2H3,(H,25,26). The van der Waals surface area contributed by atoms with Gasteiger partial charge >= 0.3 is 5.97 Å². The molecule has 0 fully saturated rings. The molecule has 0 saturated carbocycles. The lowest BCUT2D eigenvalue weighted by molar-refractivity contribution is -0.117. The Bertz CT molecular complexity index is 977. The number of halogens is 1. The summed E-state index contributed by atoms with van der Waals surface area (Å²) in [5.41, 5.74) is 3.02. The van der Waals surface area contributed by atoms with Crippen LogP contribution in [0.2, 0.25) is 5.02 Å². The van der Waals surface area contributed by atoms with Gasteiger partial charge < -0.3 is 15.0 Å². The van der Waals surface area contributed by atoms with Gasteiger partial charge in [0, 0.05) is 33.7 Å². The molecule has 2 aromatic carbocycles. The molecule has 2 N–H and O–H groups in total. The van der Waals surface area contributed by atoms with Crippen LogP contribution < -0.4 is 4.90 Å². The van der Waals surface area contributed by atoms with Crippen LogP contribution >= 0.6 is 11.6 Å². The lowest BCUT2D eigenvalue weighted by Crippen LogP contribution is -2.32. The molecule has 0 aliphatic carbocycles. The van der Waals surface area contributed by atoms with Crippen LogP contribution in [-0.4, -0.2) is 28.5 Å². The lowest BCUT2D eigenvalue weighted by atomic mass is 10.1. The summed E-state index contributed by atoms with van der Waals surface area (Å²) in [5.74, 6) is -1.27. The molecule has 0 unspecified atom stereocenters. The quantitative estimate of drug-likeness (QED) is 0.698. The monoisotopic (exact) mass is 370 g/mol. The molecule has 0 aliphatic rings. The number of aromatic nitrogens is 1. The van der Waals surface area contributed by atoms with Crippen LogP contribution in [-0.2, 0) is 11.2 Å². The Morgan fingerprint density at radius 1 is 1.15 bits per heavy atom. The normalized spacial score (nSPS) is 10.9. The molecule has 3 aromatic rings. The minimum absolute atomic E-state index is 0.0237. The van der Waals surface area contributed by atoms with Crippen molar-refractivity contribution in [2.75, 3.05) is 11.4 Å². The van der Waals surface area contributed by atoms with Crippen LogP contribution in [0.1, 0.15) is 28.5 Å². The number of aromatic amines is 1. The molecule has 134 valence electrons. The number of carbonyl (C=O) groups is 2. The lowest BCUT2D eigenvalue weighted by Gasteiger charge is -2.21. The smallest absolute Gasteiger partial charge is 0.352 e. The van der Waals surface area contributed by atoms with Crippen LogP contribution in [0.5, 0.6) is 0 Å². The van der Waals surface area contributed by atoms with E-state index >= 15 is 0 Å². The third-order valence-electron chi connectivity index (χ3n) is 4.37. The molecule has 26 heavy (non-hydrogen) atoms. The predicted octanol–water partition coefficient (Wildman–Crippen LogP) is 4.42. The zero-order valence-electron chi connectivity index (χ0n) is 14.5. The third-order valence-corrected chi connectivity index (χ3v) is 4.61. The molecule has 1 heterocycles. The van der Waals surface area contributed by atoms with E-state index in [1.54, 1.807) is 23.1 Å². The van der Waals surface area contributed by atoms with Gasteiger partial charge in [0.15, 0.2) is 0 Å². The summed E-state index contributed by atoms with van der Waals surface area (Å²) in [5, 5.41) is 10.7. The highest BCUT2D eigenvalue weighted by Crippen LogP contribution is 2.27. The number of fused-ring (bicyclic) bond motifs is 1. The van der Waals surface area contributed by atoms with E-state index in [1.807, 2.05) is 38.1 Å². The third kappa shape index (κ3) is 3.44. The molecule has 0 saturated heterocycles. The number of carboxylic acids is 1. The van der Waals surface area contributed by atoms with Crippen LogP contribution in [0.25, 0.3) is 10.9 Å². The van der Waals surface area contributed by atoms with Crippen molar-refractivity contribution < 1.29 is 14.7 Å². The number of aryl methyl sites for hydroxylation is 1. The number of aromatic carboxylic acids is 1. The number of hydrogen-bond donors (Lipinski definition) is 2. The average molecular weight is 371 g/mol. The highest BCUT2D eigenvalue weighted by molar-refractivity contribution is 6.31. The number of rotatable bonds is 5. The number of amides is 1. The number of nitrogens with zero attached hydrogens (tertiary/aromatic N) is 1. The second-order valence-corrected chi connectivity index (χ2v) is 6.56. The number of H-pyrrole nitrogens is 1. The van der Waals surface area contributed by atoms with E-state index in [2.05, 4.69) is 4.98 Å². The van der Waals surface area contributed by atoms with Gasteiger partial charge in [-0.3, -0.25) is 4.79 Å². The van der Waals surface area contributed by atoms with E-state index in [-0.39, 0.29) is 18.0 Å². The Morgan fingerprint density at radius 3 is 2.46 bits per heavy atom. The number of carbonyl (C=O) groups excluding carboxylic acids is 1. The molecule has 0 atom stereocenters. The van der Waals surface area contributed by atoms with Gasteiger partial charge in [0.2, 0.25) is 5.91 Å². The molecule has 1 amide bonds. The fourth-order valence-electron chi connectivity index (χ4n) is 3.06. The number of anilines is 1. The van der Waals surface area contributed by atoms with Crippen molar-refractivity contribution in [3.8, 4) is 0 Å². The summed E-state index contributed by atoms with van der Waals surface area (Å²) in [4.78, 5) is 29.1. The maximum atomic E-state index is 12.9. The van der Waals surface area contributed by atoms with E-state index in [0.29, 0.717) is 28.0 Å². The first-order valence-corrected chi connectivity index (χ1v) is 8.69. The minimum atomic E-state index is -1.10. The van der Waals surface area contributed by atoms with Crippen molar-refractivity contribution in [3.63, 3.8) is 0 Å². The Labute approximate surface area is 156 Å². The summed E-state index contributed by atoms with van der Waals surface area (Å²) in [7, 11) is 0. The largest absolute Gasteiger partial charge is 0.477 e. The highest BCUT2D eigenvalue weighted by Gasteiger charge is 2.22. The van der Waals surface area contributed by atoms with Crippen molar-refractivity contribution in [2.24, 2.45) is 0 Å². The van der Waals surface area contributed by atoms with Gasteiger partial charge in [0.05, 0.1) is 6.42 Å². The van der Waals surface area contributed by atoms with Gasteiger partial charge in [-0.2, -0.15) is 0 Å². The Hall–Kier alpha value is -2.79. The Kier molecular flexibility index (Phi) is 5.00. The fourth-order valence-corrected chi connectivity index (χ4v) is 3.23. The van der Waals surface area contributed by atoms with Crippen LogP contribution in [0.4, 0.5) is 5.69 Å². The van der Waals surface area contributed by atoms with Gasteiger partial charge in [-0.1, -0.05) is 29.3 Å². The van der Waals surface area contributed by atoms with Gasteiger partial charge in [-0.15, -0.1) is 0 Å². The summed E-state index contributed by atoms with van der Waals surface area (Å²) < 4.78 is 0. The number of nitrogens with one attached hydrogen (secondary N) is 1. The van der Waals surface area contributed by atoms with E-state index < -0.39 is 5.97 Å². The molecule has 6 heteroatoms. The fraction of sp³-hybridized carbons (Fsp3) is 0.200. The topological polar surface area (TPSA) is 73.4 Å². The molecular weight excluding hydrogens is 352 g/mol. The minimum Gasteiger partial charge on any atom is -0.477 e. The van der Waals surface area contributed by atoms with E-state index in [1.165, 1.54) is 0 Å². The number of hydrogen-bond acceptors (Lipinski definition) is 2. The molecule has 3 rings (SSSR count). The van der Waals surface area contributed by atoms with Gasteiger partial charge in [0.1, 0.15) is 5.69 Å². The summed E-state index contributed by atoms with van der Waals surface area (Å²) >= 11 is 6.06. The van der Waals surface area contributed by atoms with E-state index in [4.69, 9.17) is 11.6 Å². The van der Waals surface area contributed by atoms with E-state index in [0.717, 1.165) is 11.3 Å². The summed E-state index contributed by atoms with van der Waals surface area (Å²) in [6, 6.07) is 12.8. The van der Waals surface area contributed by atoms with Crippen molar-refractivity contribution in [3.05, 3.63) is 64.3 Å². The number of likely N-dealkylation sites (N-methyl/N-ethyl adjacent to an activating group) is 1. The first-order chi connectivity index (χ1) is 12.4. The van der Waals surface area contributed by atoms with Crippen molar-refractivity contribution in [2.45, 2.75) is 20.3 Å². The van der Waals surface area contributed by atoms with Gasteiger partial charge in [0.25, 0.3) is 0 Å². The van der Waals surface area contributed by atoms with E-state index in [9.17, 15) is 14.7 Å². The summed E-state index contributed by atoms with van der Waals surface area (Å²) in [6.45, 7) is 4.37. The van der Waals surface area contributed by atoms with Gasteiger partial charge in [-0.05, 0) is 44.2 Å². The maximum Gasteiger partial charge on any atom is 0.352 e. The Morgan fingerprint density at radius 2 is 1.85 bits per heavy atom. The Balaban J connectivity index is 2.00. The van der Waals surface area contributed by atoms with Crippen LogP contribution in [0.15, 0.2) is 42.5 Å². The van der Waals surface area contributed by atoms with Crippen molar-refractivity contribution >= 4 is 40.1 Å². The maximum absolute atomic E-state index is 12.9. The molecule has 1 aromatic heterocycles. The highest BCUT2D eigenvalue weighted by atomic mass is 35.5. The first-order valence-electron chi connectivity index (χ1n) is 8.31. The molecule has 0 spiro atoms. The predicted molar refractivity (Wildman–Crippen MR) is 103 cm³/mol. The van der Waals surface area contributed by atoms with Crippen LogP contribution in [0, 0.1) is 6.92 Å². The van der Waals surface area contributed by atoms with Gasteiger partial charge in [-0.25, -0.2) is 4.79 Å². The average Bonchev–Trinajstić information content (AvgIpc) is 2.95. The van der Waals surface area contributed by atoms with Crippen LogP contribution in [0.3, 0.4) is 0 Å². The zero-order valence-corrected chi connectivity index (χ0v) is 15.3. The molecule has 0 radical (unpaired) electrons. The zero-order chi connectivity index (χ0) is 18.8. The van der Waals surface area contributed by atoms with Crippen molar-refractivity contribution in [1.29, 1.82) is 0 Å². The molecular formula is C20H19ClN2O3. The molecule has 0 aliphatic heterocycles. The number of carboxylic acid groups (broad SMARTS) is 1. The molecule has 0 bridgehead atoms. The molecule has 5 nitrogen and oxygen atoms in total. The second-order valence-electron chi connectivity index (χ2n) is 6.12. The number of benzene rings is 2. The first kappa shape index (κ1) is 18.0. The SMILES string of the molecule is CCN(C(=O)Cc1c(C(=O)O)[nH]c2ccc(Cl)cc12)c1ccc(C)cc1. The second kappa shape index (κ2) is 7.22. The summed E-state index contributed by atoms with van der Waals surface area (Å²) in [6.07, 6.45) is -0.0241.